The molecule has 0 aliphatic carbocycles. The summed E-state index contributed by atoms with van der Waals surface area (Å²) in [4.78, 5) is 21.7. The second kappa shape index (κ2) is 9.09. The Morgan fingerprint density at radius 2 is 1.81 bits per heavy atom. The van der Waals surface area contributed by atoms with E-state index in [1.165, 1.54) is 10.6 Å². The minimum Gasteiger partial charge on any atom is -0.493 e. The summed E-state index contributed by atoms with van der Waals surface area (Å²) < 4.78 is 11.6. The van der Waals surface area contributed by atoms with Crippen LogP contribution in [0.2, 0.25) is 0 Å². The number of nitrogens with zero attached hydrogens (tertiary/aromatic N) is 2. The van der Waals surface area contributed by atoms with E-state index >= 15 is 0 Å². The highest BCUT2D eigenvalue weighted by atomic mass is 16.7. The summed E-state index contributed by atoms with van der Waals surface area (Å²) in [5.41, 5.74) is 3.32. The van der Waals surface area contributed by atoms with Crippen molar-refractivity contribution in [1.82, 2.24) is 5.06 Å². The van der Waals surface area contributed by atoms with Gasteiger partial charge in [-0.2, -0.15) is 4.99 Å². The van der Waals surface area contributed by atoms with Gasteiger partial charge in [-0.1, -0.05) is 24.3 Å². The van der Waals surface area contributed by atoms with Gasteiger partial charge in [-0.05, 0) is 61.7 Å². The van der Waals surface area contributed by atoms with Crippen molar-refractivity contribution in [3.8, 4) is 11.5 Å². The molecule has 0 bridgehead atoms. The summed E-state index contributed by atoms with van der Waals surface area (Å²) in [5.74, 6) is 2.07. The van der Waals surface area contributed by atoms with Gasteiger partial charge in [-0.15, -0.1) is 5.06 Å². The van der Waals surface area contributed by atoms with Crippen LogP contribution in [0.4, 0.5) is 0 Å². The van der Waals surface area contributed by atoms with Gasteiger partial charge in [-0.3, -0.25) is 10.2 Å². The molecule has 0 atom stereocenters. The van der Waals surface area contributed by atoms with Crippen LogP contribution in [0.25, 0.3) is 6.08 Å². The largest absolute Gasteiger partial charge is 0.493 e. The maximum Gasteiger partial charge on any atom is 0.282 e. The van der Waals surface area contributed by atoms with Crippen LogP contribution in [0.1, 0.15) is 30.0 Å². The van der Waals surface area contributed by atoms with Crippen LogP contribution >= 0.6 is 0 Å². The Morgan fingerprint density at radius 1 is 1.06 bits per heavy atom. The normalized spacial score (nSPS) is 16.5. The third-order valence-electron chi connectivity index (χ3n) is 5.24. The first-order valence-electron chi connectivity index (χ1n) is 10.4. The lowest BCUT2D eigenvalue weighted by Crippen LogP contribution is -2.38. The highest BCUT2D eigenvalue weighted by Gasteiger charge is 2.34. The molecule has 4 rings (SSSR count). The fourth-order valence-corrected chi connectivity index (χ4v) is 3.34. The van der Waals surface area contributed by atoms with Gasteiger partial charge in [0.05, 0.1) is 18.8 Å². The Morgan fingerprint density at radius 3 is 2.59 bits per heavy atom. The number of benzene rings is 2. The van der Waals surface area contributed by atoms with E-state index in [1.54, 1.807) is 19.1 Å². The quantitative estimate of drug-likeness (QED) is 0.512. The molecule has 0 unspecified atom stereocenters. The number of carbonyl (C=O) groups is 1. The van der Waals surface area contributed by atoms with Gasteiger partial charge in [0.25, 0.3) is 5.91 Å². The summed E-state index contributed by atoms with van der Waals surface area (Å²) in [6, 6.07) is 13.4. The molecular formula is C25H25N3O4. The third kappa shape index (κ3) is 4.56. The van der Waals surface area contributed by atoms with Gasteiger partial charge in [0.2, 0.25) is 0 Å². The molecule has 1 amide bonds. The average Bonchev–Trinajstić information content (AvgIpc) is 3.15. The second-order valence-electron chi connectivity index (χ2n) is 7.64. The van der Waals surface area contributed by atoms with Crippen LogP contribution in [0.5, 0.6) is 11.5 Å². The van der Waals surface area contributed by atoms with Gasteiger partial charge in [0.1, 0.15) is 17.3 Å². The lowest BCUT2D eigenvalue weighted by molar-refractivity contribution is -0.114. The van der Waals surface area contributed by atoms with Crippen LogP contribution in [-0.2, 0) is 9.63 Å². The monoisotopic (exact) mass is 431 g/mol. The molecule has 164 valence electrons. The third-order valence-corrected chi connectivity index (χ3v) is 5.24. The maximum atomic E-state index is 12.3. The Labute approximate surface area is 187 Å². The van der Waals surface area contributed by atoms with Gasteiger partial charge >= 0.3 is 0 Å². The molecule has 32 heavy (non-hydrogen) atoms. The van der Waals surface area contributed by atoms with Crippen LogP contribution in [-0.4, -0.2) is 35.9 Å². The number of rotatable bonds is 7. The van der Waals surface area contributed by atoms with Crippen molar-refractivity contribution < 1.29 is 19.1 Å². The number of hydrogen-bond donors (Lipinski definition) is 1. The summed E-state index contributed by atoms with van der Waals surface area (Å²) in [5, 5.41) is 9.51. The fourth-order valence-electron chi connectivity index (χ4n) is 3.34. The lowest BCUT2D eigenvalue weighted by Gasteiger charge is -2.22. The molecule has 0 saturated heterocycles. The van der Waals surface area contributed by atoms with Gasteiger partial charge in [0.15, 0.2) is 11.7 Å². The molecule has 2 aromatic rings. The Bertz CT molecular complexity index is 1150. The predicted octanol–water partition coefficient (Wildman–Crippen LogP) is 4.60. The smallest absolute Gasteiger partial charge is 0.282 e. The van der Waals surface area contributed by atoms with Crippen LogP contribution in [0, 0.1) is 19.3 Å². The van der Waals surface area contributed by atoms with Crippen molar-refractivity contribution in [2.24, 2.45) is 4.99 Å². The maximum absolute atomic E-state index is 12.3. The molecular weight excluding hydrogens is 406 g/mol. The SMILES string of the molecule is CC1=CC2=NC(=O)/C(=C\c3ccc(OCCCOc4cccc(C)c4C)cc3)C(=N)N2O1. The molecule has 0 fully saturated rings. The first-order valence-corrected chi connectivity index (χ1v) is 10.4. The predicted molar refractivity (Wildman–Crippen MR) is 123 cm³/mol. The van der Waals surface area contributed by atoms with Crippen molar-refractivity contribution in [2.45, 2.75) is 27.2 Å². The number of aliphatic imine (C=N–C) groups is 1. The van der Waals surface area contributed by atoms with Crippen LogP contribution in [0.3, 0.4) is 0 Å². The molecule has 2 aromatic carbocycles. The lowest BCUT2D eigenvalue weighted by atomic mass is 10.1. The average molecular weight is 431 g/mol. The van der Waals surface area contributed by atoms with E-state index in [0.717, 1.165) is 29.0 Å². The van der Waals surface area contributed by atoms with Crippen LogP contribution in [0.15, 0.2) is 64.9 Å². The van der Waals surface area contributed by atoms with Crippen molar-refractivity contribution in [3.05, 3.63) is 76.6 Å². The number of aryl methyl sites for hydroxylation is 1. The minimum atomic E-state index is -0.458. The molecule has 2 heterocycles. The highest BCUT2D eigenvalue weighted by Crippen LogP contribution is 2.24. The number of nitrogens with one attached hydrogen (secondary N) is 1. The summed E-state index contributed by atoms with van der Waals surface area (Å²) in [7, 11) is 0. The van der Waals surface area contributed by atoms with E-state index in [-0.39, 0.29) is 11.4 Å². The van der Waals surface area contributed by atoms with E-state index in [9.17, 15) is 4.79 Å². The molecule has 7 heteroatoms. The van der Waals surface area contributed by atoms with E-state index in [0.29, 0.717) is 24.8 Å². The number of allylic oxidation sites excluding steroid dienone is 1. The first-order chi connectivity index (χ1) is 15.4. The summed E-state index contributed by atoms with van der Waals surface area (Å²) in [6.07, 6.45) is 4.01. The summed E-state index contributed by atoms with van der Waals surface area (Å²) in [6.45, 7) is 6.98. The Hall–Kier alpha value is -3.87. The number of carbonyl (C=O) groups excluding carboxylic acids is 1. The zero-order valence-corrected chi connectivity index (χ0v) is 18.3. The number of fused-ring (bicyclic) bond motifs is 1. The van der Waals surface area contributed by atoms with Crippen molar-refractivity contribution >= 4 is 23.7 Å². The van der Waals surface area contributed by atoms with Crippen LogP contribution < -0.4 is 9.47 Å². The first kappa shape index (κ1) is 21.4. The minimum absolute atomic E-state index is 0.0303. The topological polar surface area (TPSA) is 84.2 Å². The van der Waals surface area contributed by atoms with Gasteiger partial charge in [-0.25, -0.2) is 0 Å². The highest BCUT2D eigenvalue weighted by molar-refractivity contribution is 6.32. The van der Waals surface area contributed by atoms with Crippen molar-refractivity contribution in [3.63, 3.8) is 0 Å². The standard InChI is InChI=1S/C25H25N3O4/c1-16-6-4-7-22(18(16)3)31-13-5-12-30-20-10-8-19(9-11-20)15-21-24(26)28-23(27-25(21)29)14-17(2)32-28/h4,6-11,14-15,26H,5,12-13H2,1-3H3/b21-15-,26-24?. The Kier molecular flexibility index (Phi) is 6.07. The van der Waals surface area contributed by atoms with Crippen molar-refractivity contribution in [1.29, 1.82) is 5.41 Å². The molecule has 0 radical (unpaired) electrons. The van der Waals surface area contributed by atoms with Crippen molar-refractivity contribution in [2.75, 3.05) is 13.2 Å². The molecule has 0 spiro atoms. The van der Waals surface area contributed by atoms with Gasteiger partial charge < -0.3 is 14.3 Å². The molecule has 2 aliphatic heterocycles. The van der Waals surface area contributed by atoms with E-state index in [1.807, 2.05) is 36.4 Å². The summed E-state index contributed by atoms with van der Waals surface area (Å²) >= 11 is 0. The zero-order valence-electron chi connectivity index (χ0n) is 18.3. The fraction of sp³-hybridized carbons (Fsp3) is 0.240. The van der Waals surface area contributed by atoms with E-state index in [4.69, 9.17) is 19.7 Å². The zero-order chi connectivity index (χ0) is 22.7. The number of hydrogen-bond acceptors (Lipinski definition) is 5. The molecule has 0 aromatic heterocycles. The number of amides is 1. The number of hydroxylamine groups is 2. The van der Waals surface area contributed by atoms with E-state index in [2.05, 4.69) is 24.9 Å². The Balaban J connectivity index is 1.29. The number of amidine groups is 2. The molecule has 7 nitrogen and oxygen atoms in total. The molecule has 0 saturated carbocycles. The second-order valence-corrected chi connectivity index (χ2v) is 7.64. The number of ether oxygens (including phenoxy) is 2. The molecule has 2 aliphatic rings. The van der Waals surface area contributed by atoms with E-state index < -0.39 is 5.91 Å². The van der Waals surface area contributed by atoms with Gasteiger partial charge in [0, 0.05) is 12.5 Å². The molecule has 1 N–H and O–H groups in total.